The predicted octanol–water partition coefficient (Wildman–Crippen LogP) is 4.75. The molecule has 3 aromatic rings. The van der Waals surface area contributed by atoms with E-state index in [9.17, 15) is 29.4 Å². The Morgan fingerprint density at radius 2 is 1.57 bits per heavy atom. The molecule has 2 fully saturated rings. The molecule has 4 aliphatic rings. The highest BCUT2D eigenvalue weighted by atomic mass is 16.5. The summed E-state index contributed by atoms with van der Waals surface area (Å²) in [5.74, 6) is -5.21. The lowest BCUT2D eigenvalue weighted by Gasteiger charge is -2.55. The summed E-state index contributed by atoms with van der Waals surface area (Å²) in [7, 11) is 0. The third-order valence-corrected chi connectivity index (χ3v) is 10.8. The van der Waals surface area contributed by atoms with Crippen molar-refractivity contribution >= 4 is 34.9 Å². The Morgan fingerprint density at radius 1 is 0.878 bits per heavy atom. The number of amides is 2. The van der Waals surface area contributed by atoms with Crippen LogP contribution in [0.5, 0.6) is 5.75 Å². The standard InChI is InChI=1S/C40H37NO8/c42-20-21-49-32-15-8-7-14-27(32)36-26-17-18-28-35(39(48)41(38(28)47)19-9-16-34(44)45)30(26)22-31-37(46)29(24-10-3-1-4-11-24)23-33(43)40(31,36)25-12-5-2-6-13-25/h1-8,10-15,17,23,28,30-31,35-36,42H,9,16,18-22H2,(H,44,45)/t28-,30+,31-,35-,36+,40-/m0/s1. The summed E-state index contributed by atoms with van der Waals surface area (Å²) in [5, 5.41) is 18.9. The maximum atomic E-state index is 15.1. The highest BCUT2D eigenvalue weighted by Crippen LogP contribution is 2.64. The molecule has 0 spiro atoms. The first-order chi connectivity index (χ1) is 23.8. The molecule has 0 radical (unpaired) electrons. The van der Waals surface area contributed by atoms with Crippen LogP contribution in [0.3, 0.4) is 0 Å². The van der Waals surface area contributed by atoms with Crippen LogP contribution < -0.4 is 4.74 Å². The zero-order chi connectivity index (χ0) is 34.3. The Hall–Kier alpha value is -5.15. The molecule has 6 atom stereocenters. The largest absolute Gasteiger partial charge is 0.491 e. The number of imide groups is 1. The number of aliphatic hydroxyl groups is 1. The maximum absolute atomic E-state index is 15.1. The first kappa shape index (κ1) is 32.4. The molecule has 250 valence electrons. The van der Waals surface area contributed by atoms with E-state index >= 15 is 4.79 Å². The Balaban J connectivity index is 1.44. The molecular weight excluding hydrogens is 622 g/mol. The van der Waals surface area contributed by atoms with Crippen LogP contribution in [-0.2, 0) is 29.4 Å². The quantitative estimate of drug-likeness (QED) is 0.235. The second kappa shape index (κ2) is 13.0. The molecule has 9 heteroatoms. The van der Waals surface area contributed by atoms with Crippen molar-refractivity contribution < 1.29 is 38.9 Å². The normalized spacial score (nSPS) is 27.5. The van der Waals surface area contributed by atoms with E-state index in [4.69, 9.17) is 4.74 Å². The van der Waals surface area contributed by atoms with E-state index in [0.29, 0.717) is 28.0 Å². The van der Waals surface area contributed by atoms with Gasteiger partial charge in [0.25, 0.3) is 0 Å². The average Bonchev–Trinajstić information content (AvgIpc) is 3.37. The first-order valence-corrected chi connectivity index (χ1v) is 16.8. The number of fused-ring (bicyclic) bond motifs is 4. The molecule has 1 saturated carbocycles. The van der Waals surface area contributed by atoms with E-state index in [1.54, 1.807) is 18.2 Å². The Labute approximate surface area is 283 Å². The fraction of sp³-hybridized carbons (Fsp3) is 0.325. The predicted molar refractivity (Wildman–Crippen MR) is 179 cm³/mol. The molecule has 1 aliphatic heterocycles. The number of aliphatic hydroxyl groups excluding tert-OH is 1. The van der Waals surface area contributed by atoms with Crippen LogP contribution in [0.25, 0.3) is 5.57 Å². The third-order valence-electron chi connectivity index (χ3n) is 10.8. The summed E-state index contributed by atoms with van der Waals surface area (Å²) in [6.07, 6.45) is 3.89. The van der Waals surface area contributed by atoms with Crippen molar-refractivity contribution in [1.29, 1.82) is 0 Å². The smallest absolute Gasteiger partial charge is 0.303 e. The van der Waals surface area contributed by atoms with E-state index in [1.807, 2.05) is 72.8 Å². The molecule has 3 aromatic carbocycles. The number of rotatable bonds is 10. The second-order valence-electron chi connectivity index (χ2n) is 13.2. The third kappa shape index (κ3) is 5.24. The number of aliphatic carboxylic acids is 1. The number of hydrogen-bond acceptors (Lipinski definition) is 7. The van der Waals surface area contributed by atoms with Crippen LogP contribution in [0.2, 0.25) is 0 Å². The number of ether oxygens (including phenoxy) is 1. The van der Waals surface area contributed by atoms with Crippen LogP contribution in [-0.4, -0.2) is 64.2 Å². The van der Waals surface area contributed by atoms with Crippen LogP contribution in [0.15, 0.2) is 103 Å². The fourth-order valence-corrected chi connectivity index (χ4v) is 8.90. The van der Waals surface area contributed by atoms with E-state index < -0.39 is 41.0 Å². The van der Waals surface area contributed by atoms with Crippen molar-refractivity contribution in [2.75, 3.05) is 19.8 Å². The van der Waals surface area contributed by atoms with Gasteiger partial charge in [-0.2, -0.15) is 0 Å². The number of ketones is 2. The zero-order valence-electron chi connectivity index (χ0n) is 26.9. The first-order valence-electron chi connectivity index (χ1n) is 16.8. The van der Waals surface area contributed by atoms with Gasteiger partial charge in [-0.1, -0.05) is 90.5 Å². The van der Waals surface area contributed by atoms with Crippen molar-refractivity contribution in [3.63, 3.8) is 0 Å². The SMILES string of the molecule is O=C(O)CCCN1C(=O)[C@H]2[C@H](CC=C3[C@H]2C[C@H]2C(=O)C(c4ccccc4)=CC(=O)[C@@]2(c2ccccc2)[C@H]3c2ccccc2OCCO)C1=O. The highest BCUT2D eigenvalue weighted by molar-refractivity contribution is 6.31. The Bertz CT molecular complexity index is 1880. The number of carboxylic acids is 1. The van der Waals surface area contributed by atoms with Gasteiger partial charge in [-0.05, 0) is 48.4 Å². The van der Waals surface area contributed by atoms with Gasteiger partial charge < -0.3 is 14.9 Å². The number of nitrogens with zero attached hydrogens (tertiary/aromatic N) is 1. The molecule has 1 heterocycles. The van der Waals surface area contributed by atoms with Gasteiger partial charge in [-0.25, -0.2) is 0 Å². The number of carbonyl (C=O) groups excluding carboxylic acids is 4. The highest BCUT2D eigenvalue weighted by Gasteiger charge is 2.66. The molecule has 0 bridgehead atoms. The van der Waals surface area contributed by atoms with Crippen LogP contribution in [0, 0.1) is 23.7 Å². The Kier molecular flexibility index (Phi) is 8.63. The number of hydrogen-bond donors (Lipinski definition) is 2. The minimum atomic E-state index is -1.39. The second-order valence-corrected chi connectivity index (χ2v) is 13.2. The molecule has 3 aliphatic carbocycles. The minimum Gasteiger partial charge on any atom is -0.491 e. The van der Waals surface area contributed by atoms with Gasteiger partial charge in [-0.15, -0.1) is 0 Å². The van der Waals surface area contributed by atoms with Crippen molar-refractivity contribution in [3.05, 3.63) is 119 Å². The van der Waals surface area contributed by atoms with Gasteiger partial charge >= 0.3 is 5.97 Å². The molecule has 7 rings (SSSR count). The summed E-state index contributed by atoms with van der Waals surface area (Å²) in [6.45, 7) is -0.201. The van der Waals surface area contributed by atoms with E-state index in [-0.39, 0.29) is 68.8 Å². The van der Waals surface area contributed by atoms with E-state index in [2.05, 4.69) is 0 Å². The van der Waals surface area contributed by atoms with Gasteiger partial charge in [0.2, 0.25) is 11.8 Å². The molecule has 0 unspecified atom stereocenters. The molecule has 9 nitrogen and oxygen atoms in total. The lowest BCUT2D eigenvalue weighted by atomic mass is 9.44. The van der Waals surface area contributed by atoms with Gasteiger partial charge in [-0.3, -0.25) is 28.9 Å². The molecular formula is C40H37NO8. The van der Waals surface area contributed by atoms with Crippen molar-refractivity contribution in [3.8, 4) is 5.75 Å². The number of allylic oxidation sites excluding steroid dienone is 4. The summed E-state index contributed by atoms with van der Waals surface area (Å²) in [6, 6.07) is 25.7. The molecule has 2 N–H and O–H groups in total. The van der Waals surface area contributed by atoms with E-state index in [0.717, 1.165) is 5.57 Å². The van der Waals surface area contributed by atoms with Crippen LogP contribution in [0.1, 0.15) is 48.3 Å². The number of para-hydroxylation sites is 1. The van der Waals surface area contributed by atoms with Crippen LogP contribution >= 0.6 is 0 Å². The molecule has 1 saturated heterocycles. The monoisotopic (exact) mass is 659 g/mol. The van der Waals surface area contributed by atoms with Crippen molar-refractivity contribution in [1.82, 2.24) is 4.90 Å². The molecule has 2 amide bonds. The average molecular weight is 660 g/mol. The van der Waals surface area contributed by atoms with Gasteiger partial charge in [0, 0.05) is 35.9 Å². The summed E-state index contributed by atoms with van der Waals surface area (Å²) < 4.78 is 6.07. The number of carboxylic acid groups (broad SMARTS) is 1. The molecule has 49 heavy (non-hydrogen) atoms. The maximum Gasteiger partial charge on any atom is 0.303 e. The van der Waals surface area contributed by atoms with Crippen molar-refractivity contribution in [2.24, 2.45) is 23.7 Å². The summed E-state index contributed by atoms with van der Waals surface area (Å²) in [4.78, 5) is 70.4. The number of Topliss-reactive ketones (excluding diaryl/α,β-unsaturated/α-hetero) is 1. The molecule has 0 aromatic heterocycles. The van der Waals surface area contributed by atoms with Crippen molar-refractivity contribution in [2.45, 2.75) is 37.0 Å². The minimum absolute atomic E-state index is 0.00989. The number of likely N-dealkylation sites (tertiary alicyclic amines) is 1. The Morgan fingerprint density at radius 3 is 2.29 bits per heavy atom. The zero-order valence-corrected chi connectivity index (χ0v) is 26.9. The lowest BCUT2D eigenvalue weighted by Crippen LogP contribution is -2.58. The summed E-state index contributed by atoms with van der Waals surface area (Å²) in [5.41, 5.74) is 1.70. The van der Waals surface area contributed by atoms with Crippen LogP contribution in [0.4, 0.5) is 0 Å². The number of carbonyl (C=O) groups is 5. The van der Waals surface area contributed by atoms with Gasteiger partial charge in [0.15, 0.2) is 11.6 Å². The fourth-order valence-electron chi connectivity index (χ4n) is 8.90. The van der Waals surface area contributed by atoms with Gasteiger partial charge in [0.05, 0.1) is 23.9 Å². The topological polar surface area (TPSA) is 138 Å². The van der Waals surface area contributed by atoms with E-state index in [1.165, 1.54) is 11.0 Å². The lowest BCUT2D eigenvalue weighted by molar-refractivity contribution is -0.142. The van der Waals surface area contributed by atoms with Gasteiger partial charge in [0.1, 0.15) is 12.4 Å². The number of benzene rings is 3. The summed E-state index contributed by atoms with van der Waals surface area (Å²) >= 11 is 0.